The van der Waals surface area contributed by atoms with Gasteiger partial charge in [-0.25, -0.2) is 0 Å². The molecule has 0 amide bonds. The van der Waals surface area contributed by atoms with E-state index in [1.807, 2.05) is 13.8 Å². The zero-order valence-electron chi connectivity index (χ0n) is 6.11. The second-order valence-electron chi connectivity index (χ2n) is 1.30. The van der Waals surface area contributed by atoms with Crippen molar-refractivity contribution >= 4 is 29.7 Å². The molecule has 0 rings (SSSR count). The van der Waals surface area contributed by atoms with Gasteiger partial charge < -0.3 is 9.05 Å². The minimum absolute atomic E-state index is 0. The molecule has 1 radical (unpaired) electrons. The van der Waals surface area contributed by atoms with Gasteiger partial charge in [0.15, 0.2) is 0 Å². The van der Waals surface area contributed by atoms with E-state index in [2.05, 4.69) is 12.2 Å². The molecule has 0 aromatic heterocycles. The van der Waals surface area contributed by atoms with Gasteiger partial charge in [-0.1, -0.05) is 12.2 Å². The summed E-state index contributed by atoms with van der Waals surface area (Å²) in [6.07, 6.45) is 0. The molecular formula is C4H11LaO2PS2. The van der Waals surface area contributed by atoms with E-state index in [9.17, 15) is 0 Å². The first-order valence-electron chi connectivity index (χ1n) is 2.74. The van der Waals surface area contributed by atoms with Gasteiger partial charge in [0.25, 0.3) is 0 Å². The van der Waals surface area contributed by atoms with Crippen LogP contribution < -0.4 is 0 Å². The van der Waals surface area contributed by atoms with E-state index in [-0.39, 0.29) is 35.6 Å². The Hall–Kier alpha value is 2.11. The fourth-order valence-corrected chi connectivity index (χ4v) is 2.42. The van der Waals surface area contributed by atoms with Crippen molar-refractivity contribution in [3.8, 4) is 0 Å². The van der Waals surface area contributed by atoms with Gasteiger partial charge >= 0.3 is 0 Å². The van der Waals surface area contributed by atoms with E-state index in [0.29, 0.717) is 13.2 Å². The molecule has 0 aromatic rings. The zero-order valence-corrected chi connectivity index (χ0v) is 12.3. The Morgan fingerprint density at radius 1 is 1.30 bits per heavy atom. The fourth-order valence-electron chi connectivity index (χ4n) is 0.364. The van der Waals surface area contributed by atoms with E-state index in [1.165, 1.54) is 0 Å². The van der Waals surface area contributed by atoms with Crippen molar-refractivity contribution in [1.82, 2.24) is 0 Å². The summed E-state index contributed by atoms with van der Waals surface area (Å²) in [5.74, 6) is 0. The minimum atomic E-state index is -2.16. The van der Waals surface area contributed by atoms with E-state index < -0.39 is 5.69 Å². The topological polar surface area (TPSA) is 18.5 Å². The van der Waals surface area contributed by atoms with Gasteiger partial charge in [-0.15, -0.1) is 0 Å². The molecule has 0 saturated carbocycles. The average Bonchev–Trinajstić information content (AvgIpc) is 1.64. The third kappa shape index (κ3) is 8.21. The van der Waals surface area contributed by atoms with Gasteiger partial charge in [-0.05, 0) is 25.7 Å². The number of thiol groups is 1. The van der Waals surface area contributed by atoms with Crippen molar-refractivity contribution in [2.45, 2.75) is 13.8 Å². The van der Waals surface area contributed by atoms with Gasteiger partial charge in [0.1, 0.15) is 0 Å². The molecule has 0 aromatic carbocycles. The van der Waals surface area contributed by atoms with Gasteiger partial charge in [-0.2, -0.15) is 0 Å². The molecule has 0 heterocycles. The SMILES string of the molecule is CCOP(=S)(S)OCC.[La]. The van der Waals surface area contributed by atoms with Crippen LogP contribution >= 0.6 is 17.9 Å². The van der Waals surface area contributed by atoms with Crippen molar-refractivity contribution < 1.29 is 44.6 Å². The van der Waals surface area contributed by atoms with Gasteiger partial charge in [0, 0.05) is 35.6 Å². The number of rotatable bonds is 4. The van der Waals surface area contributed by atoms with Crippen molar-refractivity contribution in [3.63, 3.8) is 0 Å². The second kappa shape index (κ2) is 7.75. The van der Waals surface area contributed by atoms with Crippen LogP contribution in [-0.4, -0.2) is 13.2 Å². The molecule has 59 valence electrons. The van der Waals surface area contributed by atoms with Crippen LogP contribution in [-0.2, 0) is 20.9 Å². The fraction of sp³-hybridized carbons (Fsp3) is 1.00. The summed E-state index contributed by atoms with van der Waals surface area (Å²) in [7, 11) is 0. The molecule has 0 aliphatic carbocycles. The summed E-state index contributed by atoms with van der Waals surface area (Å²) in [6.45, 7) is 4.88. The summed E-state index contributed by atoms with van der Waals surface area (Å²) in [4.78, 5) is 0. The molecule has 10 heavy (non-hydrogen) atoms. The Morgan fingerprint density at radius 2 is 1.60 bits per heavy atom. The first-order chi connectivity index (χ1) is 4.12. The van der Waals surface area contributed by atoms with Crippen LogP contribution in [0.1, 0.15) is 13.8 Å². The third-order valence-electron chi connectivity index (χ3n) is 0.584. The Bertz CT molecular complexity index is 112. The Morgan fingerprint density at radius 3 is 1.80 bits per heavy atom. The second-order valence-corrected chi connectivity index (χ2v) is 6.59. The molecule has 0 bridgehead atoms. The number of hydrogen-bond donors (Lipinski definition) is 1. The summed E-state index contributed by atoms with van der Waals surface area (Å²) in [5.41, 5.74) is -2.16. The van der Waals surface area contributed by atoms with Crippen molar-refractivity contribution in [3.05, 3.63) is 0 Å². The molecule has 0 fully saturated rings. The van der Waals surface area contributed by atoms with Gasteiger partial charge in [-0.3, -0.25) is 0 Å². The maximum atomic E-state index is 5.04. The molecule has 0 N–H and O–H groups in total. The van der Waals surface area contributed by atoms with E-state index in [0.717, 1.165) is 0 Å². The standard InChI is InChI=1S/C4H11O2PS2.La/c1-3-5-7(8,9)6-4-2;/h3-4H2,1-2H3,(H,8,9);. The van der Waals surface area contributed by atoms with Crippen LogP contribution in [0.3, 0.4) is 0 Å². The van der Waals surface area contributed by atoms with Crippen LogP contribution in [0.4, 0.5) is 0 Å². The monoisotopic (exact) mass is 325 g/mol. The molecule has 2 nitrogen and oxygen atoms in total. The average molecular weight is 325 g/mol. The molecule has 0 aliphatic heterocycles. The van der Waals surface area contributed by atoms with Gasteiger partial charge in [0.2, 0.25) is 5.69 Å². The van der Waals surface area contributed by atoms with Crippen LogP contribution in [0, 0.1) is 35.6 Å². The maximum Gasteiger partial charge on any atom is 0.244 e. The molecule has 6 heteroatoms. The van der Waals surface area contributed by atoms with E-state index in [4.69, 9.17) is 20.9 Å². The third-order valence-corrected chi connectivity index (χ3v) is 3.08. The molecular weight excluding hydrogens is 314 g/mol. The van der Waals surface area contributed by atoms with E-state index >= 15 is 0 Å². The van der Waals surface area contributed by atoms with Crippen LogP contribution in [0.5, 0.6) is 0 Å². The van der Waals surface area contributed by atoms with Crippen LogP contribution in [0.15, 0.2) is 0 Å². The number of hydrogen-bond acceptors (Lipinski definition) is 3. The summed E-state index contributed by atoms with van der Waals surface area (Å²) >= 11 is 8.90. The Balaban J connectivity index is 0. The van der Waals surface area contributed by atoms with Gasteiger partial charge in [0.05, 0.1) is 13.2 Å². The normalized spacial score (nSPS) is 10.7. The molecule has 0 atom stereocenters. The van der Waals surface area contributed by atoms with Crippen LogP contribution in [0.25, 0.3) is 0 Å². The molecule has 0 aliphatic rings. The first-order valence-corrected chi connectivity index (χ1v) is 6.53. The summed E-state index contributed by atoms with van der Waals surface area (Å²) in [6, 6.07) is 0. The maximum absolute atomic E-state index is 5.04. The largest absolute Gasteiger partial charge is 0.322 e. The quantitative estimate of drug-likeness (QED) is 0.632. The van der Waals surface area contributed by atoms with E-state index in [1.54, 1.807) is 0 Å². The minimum Gasteiger partial charge on any atom is -0.322 e. The first kappa shape index (κ1) is 14.6. The summed E-state index contributed by atoms with van der Waals surface area (Å²) in [5, 5.41) is 0. The zero-order chi connectivity index (χ0) is 7.33. The summed E-state index contributed by atoms with van der Waals surface area (Å²) < 4.78 is 10.1. The molecule has 0 unspecified atom stereocenters. The Labute approximate surface area is 100 Å². The molecule has 0 spiro atoms. The molecule has 0 saturated heterocycles. The Kier molecular flexibility index (Phi) is 11.3. The predicted molar refractivity (Wildman–Crippen MR) is 46.5 cm³/mol. The van der Waals surface area contributed by atoms with Crippen molar-refractivity contribution in [2.24, 2.45) is 0 Å². The van der Waals surface area contributed by atoms with Crippen LogP contribution in [0.2, 0.25) is 0 Å². The predicted octanol–water partition coefficient (Wildman–Crippen LogP) is 2.21. The van der Waals surface area contributed by atoms with Crippen molar-refractivity contribution in [2.75, 3.05) is 13.2 Å². The van der Waals surface area contributed by atoms with Crippen molar-refractivity contribution in [1.29, 1.82) is 0 Å². The smallest absolute Gasteiger partial charge is 0.244 e.